The number of halogens is 1. The number of anilines is 1. The highest BCUT2D eigenvalue weighted by Crippen LogP contribution is 2.35. The SMILES string of the molecule is CNC(=O)NC(=O)COC(=O)[C@@H]1CC(=O)N(c2cc(Cl)ccc2OC)C1. The van der Waals surface area contributed by atoms with E-state index in [1.165, 1.54) is 19.1 Å². The summed E-state index contributed by atoms with van der Waals surface area (Å²) < 4.78 is 10.1. The minimum absolute atomic E-state index is 0.0639. The van der Waals surface area contributed by atoms with Gasteiger partial charge in [-0.05, 0) is 18.2 Å². The molecule has 1 aliphatic rings. The zero-order chi connectivity index (χ0) is 19.3. The van der Waals surface area contributed by atoms with Crippen molar-refractivity contribution >= 4 is 41.1 Å². The zero-order valence-corrected chi connectivity index (χ0v) is 15.0. The van der Waals surface area contributed by atoms with Crippen molar-refractivity contribution in [2.45, 2.75) is 6.42 Å². The lowest BCUT2D eigenvalue weighted by Gasteiger charge is -2.19. The van der Waals surface area contributed by atoms with Crippen LogP contribution < -0.4 is 20.3 Å². The molecule has 4 amide bonds. The normalized spacial score (nSPS) is 16.2. The second-order valence-electron chi connectivity index (χ2n) is 5.46. The Morgan fingerprint density at radius 3 is 2.73 bits per heavy atom. The van der Waals surface area contributed by atoms with Crippen molar-refractivity contribution in [1.29, 1.82) is 0 Å². The maximum atomic E-state index is 12.3. The summed E-state index contributed by atoms with van der Waals surface area (Å²) in [5.74, 6) is -2.05. The molecule has 1 aliphatic heterocycles. The number of urea groups is 1. The number of benzene rings is 1. The molecule has 1 fully saturated rings. The molecule has 2 rings (SSSR count). The summed E-state index contributed by atoms with van der Waals surface area (Å²) in [7, 11) is 2.81. The van der Waals surface area contributed by atoms with Crippen molar-refractivity contribution in [3.63, 3.8) is 0 Å². The van der Waals surface area contributed by atoms with Crippen molar-refractivity contribution < 1.29 is 28.7 Å². The number of nitrogens with zero attached hydrogens (tertiary/aromatic N) is 1. The lowest BCUT2D eigenvalue weighted by molar-refractivity contribution is -0.152. The van der Waals surface area contributed by atoms with E-state index in [1.54, 1.807) is 18.2 Å². The fraction of sp³-hybridized carbons (Fsp3) is 0.375. The Balaban J connectivity index is 1.99. The van der Waals surface area contributed by atoms with Crippen LogP contribution in [0.25, 0.3) is 0 Å². The molecule has 0 saturated carbocycles. The topological polar surface area (TPSA) is 114 Å². The summed E-state index contributed by atoms with van der Waals surface area (Å²) in [6.07, 6.45) is -0.0639. The maximum Gasteiger partial charge on any atom is 0.321 e. The molecule has 0 bridgehead atoms. The van der Waals surface area contributed by atoms with E-state index in [0.717, 1.165) is 0 Å². The van der Waals surface area contributed by atoms with Gasteiger partial charge in [-0.1, -0.05) is 11.6 Å². The smallest absolute Gasteiger partial charge is 0.321 e. The standard InChI is InChI=1S/C16H18ClN3O6/c1-18-16(24)19-13(21)8-26-15(23)9-5-14(22)20(7-9)11-6-10(17)3-4-12(11)25-2/h3-4,6,9H,5,7-8H2,1-2H3,(H2,18,19,21,24)/t9-/m1/s1. The van der Waals surface area contributed by atoms with Crippen molar-refractivity contribution in [2.24, 2.45) is 5.92 Å². The molecule has 1 aromatic rings. The first-order valence-electron chi connectivity index (χ1n) is 7.67. The number of rotatable bonds is 5. The van der Waals surface area contributed by atoms with Gasteiger partial charge in [-0.25, -0.2) is 4.79 Å². The molecule has 1 heterocycles. The first-order valence-corrected chi connectivity index (χ1v) is 8.05. The quantitative estimate of drug-likeness (QED) is 0.723. The van der Waals surface area contributed by atoms with Crippen LogP contribution in [0.4, 0.5) is 10.5 Å². The van der Waals surface area contributed by atoms with E-state index in [1.807, 2.05) is 5.32 Å². The predicted molar refractivity (Wildman–Crippen MR) is 92.0 cm³/mol. The van der Waals surface area contributed by atoms with E-state index in [0.29, 0.717) is 16.5 Å². The number of methoxy groups -OCH3 is 1. The Bertz CT molecular complexity index is 739. The molecule has 2 N–H and O–H groups in total. The highest BCUT2D eigenvalue weighted by molar-refractivity contribution is 6.31. The molecule has 1 atom stereocenters. The summed E-state index contributed by atoms with van der Waals surface area (Å²) in [4.78, 5) is 48.2. The van der Waals surface area contributed by atoms with Gasteiger partial charge >= 0.3 is 12.0 Å². The minimum atomic E-state index is -0.768. The lowest BCUT2D eigenvalue weighted by atomic mass is 10.1. The zero-order valence-electron chi connectivity index (χ0n) is 14.2. The Morgan fingerprint density at radius 1 is 1.35 bits per heavy atom. The second kappa shape index (κ2) is 8.52. The van der Waals surface area contributed by atoms with Gasteiger partial charge in [-0.3, -0.25) is 19.7 Å². The van der Waals surface area contributed by atoms with Crippen LogP contribution in [0.5, 0.6) is 5.75 Å². The van der Waals surface area contributed by atoms with Gasteiger partial charge < -0.3 is 19.7 Å². The highest BCUT2D eigenvalue weighted by Gasteiger charge is 2.37. The average Bonchev–Trinajstić information content (AvgIpc) is 3.01. The van der Waals surface area contributed by atoms with Crippen LogP contribution in [0.1, 0.15) is 6.42 Å². The van der Waals surface area contributed by atoms with Crippen LogP contribution in [0.2, 0.25) is 5.02 Å². The number of nitrogens with one attached hydrogen (secondary N) is 2. The van der Waals surface area contributed by atoms with Crippen LogP contribution in [0, 0.1) is 5.92 Å². The van der Waals surface area contributed by atoms with E-state index in [2.05, 4.69) is 5.32 Å². The number of imide groups is 1. The van der Waals surface area contributed by atoms with E-state index in [-0.39, 0.29) is 18.9 Å². The van der Waals surface area contributed by atoms with Gasteiger partial charge in [0.05, 0.1) is 18.7 Å². The first-order chi connectivity index (χ1) is 12.3. The van der Waals surface area contributed by atoms with Crippen LogP contribution in [-0.4, -0.2) is 51.1 Å². The van der Waals surface area contributed by atoms with E-state index in [4.69, 9.17) is 21.1 Å². The van der Waals surface area contributed by atoms with Crippen LogP contribution in [0.3, 0.4) is 0 Å². The number of amides is 4. The van der Waals surface area contributed by atoms with E-state index >= 15 is 0 Å². The summed E-state index contributed by atoms with van der Waals surface area (Å²) in [6.45, 7) is -0.539. The second-order valence-corrected chi connectivity index (χ2v) is 5.89. The summed E-state index contributed by atoms with van der Waals surface area (Å²) in [5.41, 5.74) is 0.456. The third kappa shape index (κ3) is 4.63. The van der Waals surface area contributed by atoms with Gasteiger partial charge in [0.15, 0.2) is 6.61 Å². The molecule has 1 saturated heterocycles. The molecule has 0 spiro atoms. The summed E-state index contributed by atoms with van der Waals surface area (Å²) in [6, 6.07) is 4.12. The first kappa shape index (κ1) is 19.5. The Hall–Kier alpha value is -2.81. The van der Waals surface area contributed by atoms with Crippen LogP contribution in [0.15, 0.2) is 18.2 Å². The summed E-state index contributed by atoms with van der Waals surface area (Å²) >= 11 is 5.97. The Morgan fingerprint density at radius 2 is 2.08 bits per heavy atom. The lowest BCUT2D eigenvalue weighted by Crippen LogP contribution is -2.40. The average molecular weight is 384 g/mol. The molecular weight excluding hydrogens is 366 g/mol. The van der Waals surface area contributed by atoms with Crippen molar-refractivity contribution in [2.75, 3.05) is 32.2 Å². The van der Waals surface area contributed by atoms with Crippen LogP contribution in [-0.2, 0) is 19.1 Å². The number of hydrogen-bond acceptors (Lipinski definition) is 6. The minimum Gasteiger partial charge on any atom is -0.495 e. The molecule has 10 heteroatoms. The molecule has 140 valence electrons. The van der Waals surface area contributed by atoms with Gasteiger partial charge in [0.1, 0.15) is 5.75 Å². The highest BCUT2D eigenvalue weighted by atomic mass is 35.5. The van der Waals surface area contributed by atoms with Gasteiger partial charge in [0.2, 0.25) is 5.91 Å². The molecule has 26 heavy (non-hydrogen) atoms. The van der Waals surface area contributed by atoms with E-state index in [9.17, 15) is 19.2 Å². The number of esters is 1. The number of ether oxygens (including phenoxy) is 2. The third-order valence-corrected chi connectivity index (χ3v) is 3.95. The molecular formula is C16H18ClN3O6. The molecule has 0 unspecified atom stereocenters. The Kier molecular flexibility index (Phi) is 6.40. The third-order valence-electron chi connectivity index (χ3n) is 3.72. The van der Waals surface area contributed by atoms with Crippen molar-refractivity contribution in [1.82, 2.24) is 10.6 Å². The van der Waals surface area contributed by atoms with E-state index < -0.39 is 30.4 Å². The molecule has 0 aromatic heterocycles. The predicted octanol–water partition coefficient (Wildman–Crippen LogP) is 0.700. The fourth-order valence-electron chi connectivity index (χ4n) is 2.45. The molecule has 0 radical (unpaired) electrons. The number of carbonyl (C=O) groups excluding carboxylic acids is 4. The largest absolute Gasteiger partial charge is 0.495 e. The molecule has 9 nitrogen and oxygen atoms in total. The fourth-order valence-corrected chi connectivity index (χ4v) is 2.62. The monoisotopic (exact) mass is 383 g/mol. The Labute approximate surface area is 154 Å². The van der Waals surface area contributed by atoms with Crippen molar-refractivity contribution in [3.8, 4) is 5.75 Å². The van der Waals surface area contributed by atoms with Gasteiger partial charge in [-0.15, -0.1) is 0 Å². The van der Waals surface area contributed by atoms with Gasteiger partial charge in [-0.2, -0.15) is 0 Å². The molecule has 0 aliphatic carbocycles. The number of carbonyl (C=O) groups is 4. The summed E-state index contributed by atoms with van der Waals surface area (Å²) in [5, 5.41) is 4.59. The maximum absolute atomic E-state index is 12.3. The van der Waals surface area contributed by atoms with Gasteiger partial charge in [0, 0.05) is 25.0 Å². The number of hydrogen-bond donors (Lipinski definition) is 2. The van der Waals surface area contributed by atoms with Crippen LogP contribution >= 0.6 is 11.6 Å². The van der Waals surface area contributed by atoms with Crippen molar-refractivity contribution in [3.05, 3.63) is 23.2 Å². The van der Waals surface area contributed by atoms with Gasteiger partial charge in [0.25, 0.3) is 5.91 Å². The molecule has 1 aromatic carbocycles.